The number of carbonyl (C=O) groups excluding carboxylic acids is 1. The zero-order chi connectivity index (χ0) is 13.8. The molecule has 2 rings (SSSR count). The topological polar surface area (TPSA) is 29.1 Å². The monoisotopic (exact) mass is 321 g/mol. The molecule has 2 aromatic rings. The van der Waals surface area contributed by atoms with Crippen LogP contribution in [-0.4, -0.2) is 5.91 Å². The summed E-state index contributed by atoms with van der Waals surface area (Å²) in [6, 6.07) is 11.3. The number of amides is 1. The number of anilines is 1. The molecule has 0 spiro atoms. The van der Waals surface area contributed by atoms with E-state index in [4.69, 9.17) is 0 Å². The first-order chi connectivity index (χ1) is 9.10. The van der Waals surface area contributed by atoms with Gasteiger partial charge in [0.2, 0.25) is 0 Å². The molecule has 0 saturated heterocycles. The van der Waals surface area contributed by atoms with Crippen LogP contribution in [0.25, 0.3) is 0 Å². The van der Waals surface area contributed by atoms with E-state index in [9.17, 15) is 9.18 Å². The van der Waals surface area contributed by atoms with Crippen LogP contribution in [0, 0.1) is 5.82 Å². The average molecular weight is 322 g/mol. The highest BCUT2D eigenvalue weighted by Gasteiger charge is 2.09. The zero-order valence-electron chi connectivity index (χ0n) is 10.4. The van der Waals surface area contributed by atoms with Crippen molar-refractivity contribution in [2.75, 3.05) is 5.32 Å². The summed E-state index contributed by atoms with van der Waals surface area (Å²) in [6.07, 6.45) is 0.804. The molecule has 1 amide bonds. The first-order valence-electron chi connectivity index (χ1n) is 5.95. The summed E-state index contributed by atoms with van der Waals surface area (Å²) in [7, 11) is 0. The highest BCUT2D eigenvalue weighted by molar-refractivity contribution is 9.10. The Morgan fingerprint density at radius 3 is 2.74 bits per heavy atom. The summed E-state index contributed by atoms with van der Waals surface area (Å²) in [5.41, 5.74) is 2.09. The second kappa shape index (κ2) is 5.97. The Labute approximate surface area is 119 Å². The normalized spacial score (nSPS) is 10.3. The maximum Gasteiger partial charge on any atom is 0.255 e. The minimum atomic E-state index is -0.417. The van der Waals surface area contributed by atoms with Gasteiger partial charge >= 0.3 is 0 Å². The molecule has 0 aromatic heterocycles. The molecule has 19 heavy (non-hydrogen) atoms. The minimum Gasteiger partial charge on any atom is -0.322 e. The highest BCUT2D eigenvalue weighted by atomic mass is 79.9. The molecule has 0 radical (unpaired) electrons. The summed E-state index contributed by atoms with van der Waals surface area (Å²) < 4.78 is 14.0. The molecule has 0 atom stereocenters. The first-order valence-corrected chi connectivity index (χ1v) is 6.75. The summed E-state index contributed by atoms with van der Waals surface area (Å²) in [6.45, 7) is 2.01. The lowest BCUT2D eigenvalue weighted by Crippen LogP contribution is -2.13. The van der Waals surface area contributed by atoms with Crippen LogP contribution in [-0.2, 0) is 6.42 Å². The third kappa shape index (κ3) is 3.41. The molecule has 2 nitrogen and oxygen atoms in total. The molecule has 0 fully saturated rings. The van der Waals surface area contributed by atoms with Crippen LogP contribution in [0.2, 0.25) is 0 Å². The van der Waals surface area contributed by atoms with Gasteiger partial charge in [0.25, 0.3) is 5.91 Å². The zero-order valence-corrected chi connectivity index (χ0v) is 12.0. The van der Waals surface area contributed by atoms with E-state index in [1.54, 1.807) is 6.07 Å². The van der Waals surface area contributed by atoms with Crippen molar-refractivity contribution < 1.29 is 9.18 Å². The molecule has 0 heterocycles. The SMILES string of the molecule is CCc1cc(Br)ccc1NC(=O)c1cccc(F)c1. The van der Waals surface area contributed by atoms with Gasteiger partial charge in [-0.2, -0.15) is 0 Å². The fourth-order valence-corrected chi connectivity index (χ4v) is 2.21. The average Bonchev–Trinajstić information content (AvgIpc) is 2.40. The third-order valence-corrected chi connectivity index (χ3v) is 3.28. The van der Waals surface area contributed by atoms with E-state index >= 15 is 0 Å². The van der Waals surface area contributed by atoms with Gasteiger partial charge in [-0.3, -0.25) is 4.79 Å². The predicted molar refractivity (Wildman–Crippen MR) is 77.9 cm³/mol. The van der Waals surface area contributed by atoms with Gasteiger partial charge in [0.05, 0.1) is 0 Å². The molecule has 98 valence electrons. The van der Waals surface area contributed by atoms with Gasteiger partial charge in [-0.05, 0) is 48.4 Å². The van der Waals surface area contributed by atoms with Crippen LogP contribution in [0.3, 0.4) is 0 Å². The van der Waals surface area contributed by atoms with Crippen molar-refractivity contribution in [3.63, 3.8) is 0 Å². The molecule has 0 aliphatic carbocycles. The molecule has 2 aromatic carbocycles. The van der Waals surface area contributed by atoms with E-state index in [1.165, 1.54) is 18.2 Å². The highest BCUT2D eigenvalue weighted by Crippen LogP contribution is 2.22. The van der Waals surface area contributed by atoms with Crippen molar-refractivity contribution in [3.05, 3.63) is 63.9 Å². The smallest absolute Gasteiger partial charge is 0.255 e. The number of rotatable bonds is 3. The Balaban J connectivity index is 2.24. The summed E-state index contributed by atoms with van der Waals surface area (Å²) in [5, 5.41) is 2.81. The van der Waals surface area contributed by atoms with Crippen LogP contribution in [0.15, 0.2) is 46.9 Å². The minimum absolute atomic E-state index is 0.309. The van der Waals surface area contributed by atoms with Crippen molar-refractivity contribution >= 4 is 27.5 Å². The Bertz CT molecular complexity index is 613. The van der Waals surface area contributed by atoms with Crippen molar-refractivity contribution in [1.82, 2.24) is 0 Å². The lowest BCUT2D eigenvalue weighted by molar-refractivity contribution is 0.102. The maximum absolute atomic E-state index is 13.1. The first kappa shape index (κ1) is 13.7. The number of hydrogen-bond acceptors (Lipinski definition) is 1. The van der Waals surface area contributed by atoms with Gasteiger partial charge in [0.1, 0.15) is 5.82 Å². The van der Waals surface area contributed by atoms with E-state index in [1.807, 2.05) is 25.1 Å². The Morgan fingerprint density at radius 1 is 1.26 bits per heavy atom. The number of carbonyl (C=O) groups is 1. The van der Waals surface area contributed by atoms with Gasteiger partial charge in [-0.1, -0.05) is 28.9 Å². The Hall–Kier alpha value is -1.68. The fourth-order valence-electron chi connectivity index (χ4n) is 1.80. The van der Waals surface area contributed by atoms with Gasteiger partial charge in [0.15, 0.2) is 0 Å². The van der Waals surface area contributed by atoms with Crippen LogP contribution in [0.5, 0.6) is 0 Å². The Kier molecular flexibility index (Phi) is 4.32. The van der Waals surface area contributed by atoms with Gasteiger partial charge in [0, 0.05) is 15.7 Å². The van der Waals surface area contributed by atoms with Crippen LogP contribution in [0.1, 0.15) is 22.8 Å². The van der Waals surface area contributed by atoms with E-state index in [2.05, 4.69) is 21.2 Å². The standard InChI is InChI=1S/C15H13BrFNO/c1-2-10-8-12(16)6-7-14(10)18-15(19)11-4-3-5-13(17)9-11/h3-9H,2H2,1H3,(H,18,19). The van der Waals surface area contributed by atoms with Crippen LogP contribution in [0.4, 0.5) is 10.1 Å². The van der Waals surface area contributed by atoms with E-state index in [0.717, 1.165) is 22.1 Å². The molecule has 0 aliphatic rings. The lowest BCUT2D eigenvalue weighted by atomic mass is 10.1. The molecule has 0 saturated carbocycles. The number of nitrogens with one attached hydrogen (secondary N) is 1. The molecular weight excluding hydrogens is 309 g/mol. The van der Waals surface area contributed by atoms with Gasteiger partial charge in [-0.15, -0.1) is 0 Å². The van der Waals surface area contributed by atoms with E-state index in [0.29, 0.717) is 5.56 Å². The van der Waals surface area contributed by atoms with Gasteiger partial charge < -0.3 is 5.32 Å². The molecule has 0 aliphatic heterocycles. The van der Waals surface area contributed by atoms with Crippen LogP contribution < -0.4 is 5.32 Å². The van der Waals surface area contributed by atoms with Crippen molar-refractivity contribution in [2.24, 2.45) is 0 Å². The summed E-state index contributed by atoms with van der Waals surface area (Å²) in [4.78, 5) is 12.0. The van der Waals surface area contributed by atoms with Crippen LogP contribution >= 0.6 is 15.9 Å². The quantitative estimate of drug-likeness (QED) is 0.891. The molecule has 0 unspecified atom stereocenters. The molecular formula is C15H13BrFNO. The predicted octanol–water partition coefficient (Wildman–Crippen LogP) is 4.40. The lowest BCUT2D eigenvalue weighted by Gasteiger charge is -2.10. The molecule has 0 bridgehead atoms. The number of halogens is 2. The van der Waals surface area contributed by atoms with Crippen molar-refractivity contribution in [1.29, 1.82) is 0 Å². The number of benzene rings is 2. The largest absolute Gasteiger partial charge is 0.322 e. The molecule has 4 heteroatoms. The third-order valence-electron chi connectivity index (χ3n) is 2.78. The summed E-state index contributed by atoms with van der Waals surface area (Å²) in [5.74, 6) is -0.726. The fraction of sp³-hybridized carbons (Fsp3) is 0.133. The maximum atomic E-state index is 13.1. The van der Waals surface area contributed by atoms with Crippen molar-refractivity contribution in [3.8, 4) is 0 Å². The van der Waals surface area contributed by atoms with Crippen molar-refractivity contribution in [2.45, 2.75) is 13.3 Å². The molecule has 1 N–H and O–H groups in total. The Morgan fingerprint density at radius 2 is 2.05 bits per heavy atom. The van der Waals surface area contributed by atoms with Gasteiger partial charge in [-0.25, -0.2) is 4.39 Å². The van der Waals surface area contributed by atoms with E-state index < -0.39 is 5.82 Å². The summed E-state index contributed by atoms with van der Waals surface area (Å²) >= 11 is 3.40. The second-order valence-electron chi connectivity index (χ2n) is 4.12. The second-order valence-corrected chi connectivity index (χ2v) is 5.04. The van der Waals surface area contributed by atoms with E-state index in [-0.39, 0.29) is 5.91 Å². The number of hydrogen-bond donors (Lipinski definition) is 1. The number of aryl methyl sites for hydroxylation is 1.